The molecule has 1 aromatic carbocycles. The maximum Gasteiger partial charge on any atom is 0.428 e. The molecule has 1 amide bonds. The van der Waals surface area contributed by atoms with Crippen LogP contribution in [0.2, 0.25) is 0 Å². The number of aryl methyl sites for hydroxylation is 1. The molecule has 6 nitrogen and oxygen atoms in total. The zero-order valence-electron chi connectivity index (χ0n) is 14.6. The summed E-state index contributed by atoms with van der Waals surface area (Å²) in [5, 5.41) is 0. The van der Waals surface area contributed by atoms with Crippen molar-refractivity contribution < 1.29 is 22.7 Å². The number of ether oxygens (including phenoxy) is 2. The van der Waals surface area contributed by atoms with Gasteiger partial charge in [0.2, 0.25) is 0 Å². The zero-order chi connectivity index (χ0) is 18.6. The molecule has 138 valence electrons. The molecule has 7 heteroatoms. The number of amides is 1. The normalized spacial score (nSPS) is 27.2. The fourth-order valence-electron chi connectivity index (χ4n) is 4.24. The highest BCUT2D eigenvalue weighted by Crippen LogP contribution is 2.56. The topological polar surface area (TPSA) is 72.9 Å². The van der Waals surface area contributed by atoms with E-state index in [4.69, 9.17) is 9.47 Å². The van der Waals surface area contributed by atoms with Gasteiger partial charge in [0, 0.05) is 0 Å². The maximum absolute atomic E-state index is 13.4. The molecule has 0 N–H and O–H groups in total. The molecule has 0 radical (unpaired) electrons. The van der Waals surface area contributed by atoms with Gasteiger partial charge in [0.25, 0.3) is 15.7 Å². The highest BCUT2D eigenvalue weighted by atomic mass is 32.2. The molecule has 1 atom stereocenters. The molecular formula is C19H21NO5S. The standard InChI is InChI=1S/C19H21NO5S/c1-14-7-9-16(10-8-14)26(22,23)20-17(21)25-18(11-3-4-12-18)19(20)15(2)6-5-13-24-19/h5,7-10,13H,2-4,6,11-12H2,1H3/t19-/m1/s1. The third-order valence-electron chi connectivity index (χ3n) is 5.50. The molecule has 2 heterocycles. The second kappa shape index (κ2) is 5.61. The van der Waals surface area contributed by atoms with Crippen molar-refractivity contribution in [3.05, 3.63) is 54.3 Å². The van der Waals surface area contributed by atoms with Crippen LogP contribution in [-0.4, -0.2) is 30.1 Å². The van der Waals surface area contributed by atoms with E-state index in [1.165, 1.54) is 18.4 Å². The van der Waals surface area contributed by atoms with Crippen LogP contribution in [0.25, 0.3) is 0 Å². The Balaban J connectivity index is 1.91. The minimum Gasteiger partial charge on any atom is -0.466 e. The minimum atomic E-state index is -4.17. The van der Waals surface area contributed by atoms with Crippen LogP contribution < -0.4 is 0 Å². The minimum absolute atomic E-state index is 0.0282. The monoisotopic (exact) mass is 375 g/mol. The van der Waals surface area contributed by atoms with Crippen molar-refractivity contribution in [3.63, 3.8) is 0 Å². The Morgan fingerprint density at radius 2 is 1.81 bits per heavy atom. The molecule has 1 saturated heterocycles. The van der Waals surface area contributed by atoms with Crippen molar-refractivity contribution in [2.75, 3.05) is 0 Å². The van der Waals surface area contributed by atoms with Crippen molar-refractivity contribution >= 4 is 16.1 Å². The first-order valence-corrected chi connectivity index (χ1v) is 10.1. The first-order valence-electron chi connectivity index (χ1n) is 8.70. The van der Waals surface area contributed by atoms with E-state index in [1.54, 1.807) is 18.2 Å². The van der Waals surface area contributed by atoms with E-state index < -0.39 is 27.4 Å². The number of hydrogen-bond donors (Lipinski definition) is 0. The number of hydrogen-bond acceptors (Lipinski definition) is 5. The van der Waals surface area contributed by atoms with Crippen molar-refractivity contribution in [1.29, 1.82) is 0 Å². The maximum atomic E-state index is 13.4. The lowest BCUT2D eigenvalue weighted by molar-refractivity contribution is -0.120. The van der Waals surface area contributed by atoms with Gasteiger partial charge < -0.3 is 9.47 Å². The number of benzene rings is 1. The SMILES string of the molecule is C=C1CC=CO[C@]12N(S(=O)(=O)c1ccc(C)cc1)C(=O)OC21CCCC1. The number of allylic oxidation sites excluding steroid dienone is 1. The third kappa shape index (κ3) is 2.09. The largest absolute Gasteiger partial charge is 0.466 e. The molecule has 2 aliphatic heterocycles. The summed E-state index contributed by atoms with van der Waals surface area (Å²) >= 11 is 0. The number of carbonyl (C=O) groups is 1. The number of carbonyl (C=O) groups excluding carboxylic acids is 1. The molecule has 0 aromatic heterocycles. The lowest BCUT2D eigenvalue weighted by Crippen LogP contribution is -2.61. The predicted molar refractivity (Wildman–Crippen MR) is 94.6 cm³/mol. The van der Waals surface area contributed by atoms with E-state index in [1.807, 2.05) is 6.92 Å². The van der Waals surface area contributed by atoms with Gasteiger partial charge >= 0.3 is 6.09 Å². The van der Waals surface area contributed by atoms with Crippen LogP contribution in [-0.2, 0) is 19.5 Å². The summed E-state index contributed by atoms with van der Waals surface area (Å²) in [5.41, 5.74) is -1.11. The lowest BCUT2D eigenvalue weighted by atomic mass is 9.81. The van der Waals surface area contributed by atoms with Crippen LogP contribution in [0.5, 0.6) is 0 Å². The molecule has 0 unspecified atom stereocenters. The molecule has 26 heavy (non-hydrogen) atoms. The number of nitrogens with zero attached hydrogens (tertiary/aromatic N) is 1. The van der Waals surface area contributed by atoms with E-state index in [0.29, 0.717) is 24.8 Å². The summed E-state index contributed by atoms with van der Waals surface area (Å²) in [7, 11) is -4.17. The molecule has 1 aliphatic carbocycles. The summed E-state index contributed by atoms with van der Waals surface area (Å²) in [6, 6.07) is 6.38. The van der Waals surface area contributed by atoms with Gasteiger partial charge in [-0.25, -0.2) is 13.2 Å². The smallest absolute Gasteiger partial charge is 0.428 e. The summed E-state index contributed by atoms with van der Waals surface area (Å²) in [6.45, 7) is 5.93. The van der Waals surface area contributed by atoms with E-state index in [0.717, 1.165) is 22.7 Å². The molecule has 0 bridgehead atoms. The number of rotatable bonds is 2. The van der Waals surface area contributed by atoms with E-state index >= 15 is 0 Å². The predicted octanol–water partition coefficient (Wildman–Crippen LogP) is 3.64. The van der Waals surface area contributed by atoms with E-state index in [2.05, 4.69) is 6.58 Å². The van der Waals surface area contributed by atoms with Crippen LogP contribution in [0.15, 0.2) is 53.7 Å². The Morgan fingerprint density at radius 1 is 1.15 bits per heavy atom. The fraction of sp³-hybridized carbons (Fsp3) is 0.421. The highest BCUT2D eigenvalue weighted by Gasteiger charge is 2.72. The first-order chi connectivity index (χ1) is 12.3. The molecule has 2 spiro atoms. The molecule has 2 fully saturated rings. The van der Waals surface area contributed by atoms with Gasteiger partial charge in [-0.15, -0.1) is 0 Å². The zero-order valence-corrected chi connectivity index (χ0v) is 15.4. The molecule has 1 saturated carbocycles. The summed E-state index contributed by atoms with van der Waals surface area (Å²) < 4.78 is 39.2. The second-order valence-corrected chi connectivity index (χ2v) is 8.88. The quantitative estimate of drug-likeness (QED) is 0.738. The summed E-state index contributed by atoms with van der Waals surface area (Å²) in [4.78, 5) is 12.8. The average Bonchev–Trinajstić information content (AvgIpc) is 3.15. The average molecular weight is 375 g/mol. The Labute approximate surface area is 153 Å². The number of sulfonamides is 1. The second-order valence-electron chi connectivity index (χ2n) is 7.09. The van der Waals surface area contributed by atoms with E-state index in [9.17, 15) is 13.2 Å². The Kier molecular flexibility index (Phi) is 3.70. The van der Waals surface area contributed by atoms with Gasteiger partial charge in [-0.3, -0.25) is 0 Å². The highest BCUT2D eigenvalue weighted by molar-refractivity contribution is 7.89. The molecule has 1 aromatic rings. The van der Waals surface area contributed by atoms with Gasteiger partial charge in [-0.1, -0.05) is 24.3 Å². The fourth-order valence-corrected chi connectivity index (χ4v) is 5.84. The number of fused-ring (bicyclic) bond motifs is 1. The first kappa shape index (κ1) is 17.1. The van der Waals surface area contributed by atoms with Crippen molar-refractivity contribution in [2.24, 2.45) is 0 Å². The molecule has 3 aliphatic rings. The van der Waals surface area contributed by atoms with Gasteiger partial charge in [-0.05, 0) is 62.8 Å². The van der Waals surface area contributed by atoms with Gasteiger partial charge in [-0.2, -0.15) is 4.31 Å². The van der Waals surface area contributed by atoms with Gasteiger partial charge in [0.15, 0.2) is 5.60 Å². The van der Waals surface area contributed by atoms with Crippen LogP contribution in [0.4, 0.5) is 4.79 Å². The molecule has 4 rings (SSSR count). The van der Waals surface area contributed by atoms with Crippen molar-refractivity contribution in [3.8, 4) is 0 Å². The van der Waals surface area contributed by atoms with Crippen LogP contribution in [0.3, 0.4) is 0 Å². The third-order valence-corrected chi connectivity index (χ3v) is 7.26. The lowest BCUT2D eigenvalue weighted by Gasteiger charge is -2.45. The Morgan fingerprint density at radius 3 is 2.42 bits per heavy atom. The summed E-state index contributed by atoms with van der Waals surface area (Å²) in [6.07, 6.45) is 5.52. The Bertz CT molecular complexity index is 896. The van der Waals surface area contributed by atoms with Crippen LogP contribution in [0.1, 0.15) is 37.7 Å². The Hall–Kier alpha value is -2.28. The van der Waals surface area contributed by atoms with Crippen LogP contribution in [0, 0.1) is 6.92 Å². The van der Waals surface area contributed by atoms with Crippen LogP contribution >= 0.6 is 0 Å². The van der Waals surface area contributed by atoms with Crippen molar-refractivity contribution in [2.45, 2.75) is 55.2 Å². The van der Waals surface area contributed by atoms with Gasteiger partial charge in [0.1, 0.15) is 0 Å². The van der Waals surface area contributed by atoms with Gasteiger partial charge in [0.05, 0.1) is 11.2 Å². The van der Waals surface area contributed by atoms with E-state index in [-0.39, 0.29) is 4.90 Å². The summed E-state index contributed by atoms with van der Waals surface area (Å²) in [5.74, 6) is 0. The molecular weight excluding hydrogens is 354 g/mol. The van der Waals surface area contributed by atoms with Crippen molar-refractivity contribution in [1.82, 2.24) is 4.31 Å².